The minimum Gasteiger partial charge on any atom is -0.335 e. The average molecular weight is 341 g/mol. The van der Waals surface area contributed by atoms with Crippen LogP contribution in [-0.4, -0.2) is 27.8 Å². The first kappa shape index (κ1) is 16.1. The number of amides is 1. The minimum absolute atomic E-state index is 0.0197. The Labute approximate surface area is 142 Å². The molecule has 0 radical (unpaired) electrons. The lowest BCUT2D eigenvalue weighted by atomic mass is 10.1. The highest BCUT2D eigenvalue weighted by Crippen LogP contribution is 2.25. The van der Waals surface area contributed by atoms with Crippen molar-refractivity contribution in [2.24, 2.45) is 0 Å². The summed E-state index contributed by atoms with van der Waals surface area (Å²) in [5.41, 5.74) is 3.93. The molecular formula is C17H15N3O3S. The fourth-order valence-corrected chi connectivity index (χ4v) is 3.21. The van der Waals surface area contributed by atoms with Crippen LogP contribution in [0.25, 0.3) is 10.2 Å². The highest BCUT2D eigenvalue weighted by molar-refractivity contribution is 7.16. The van der Waals surface area contributed by atoms with Gasteiger partial charge in [0.1, 0.15) is 0 Å². The lowest BCUT2D eigenvalue weighted by molar-refractivity contribution is -0.384. The molecule has 1 heterocycles. The van der Waals surface area contributed by atoms with Crippen molar-refractivity contribution < 1.29 is 9.72 Å². The molecule has 2 aromatic carbocycles. The molecule has 3 aromatic rings. The van der Waals surface area contributed by atoms with Crippen molar-refractivity contribution in [2.75, 3.05) is 7.05 Å². The summed E-state index contributed by atoms with van der Waals surface area (Å²) in [7, 11) is 1.70. The molecule has 0 aliphatic rings. The molecule has 6 nitrogen and oxygen atoms in total. The first-order valence-electron chi connectivity index (χ1n) is 7.32. The molecular weight excluding hydrogens is 326 g/mol. The molecule has 0 fully saturated rings. The molecule has 0 aliphatic carbocycles. The van der Waals surface area contributed by atoms with Crippen LogP contribution in [0.2, 0.25) is 0 Å². The number of carbonyl (C=O) groups excluding carboxylic acids is 1. The van der Waals surface area contributed by atoms with Crippen molar-refractivity contribution in [3.05, 3.63) is 69.2 Å². The zero-order valence-corrected chi connectivity index (χ0v) is 14.0. The summed E-state index contributed by atoms with van der Waals surface area (Å²) in [5.74, 6) is -0.135. The molecule has 3 rings (SSSR count). The molecule has 0 spiro atoms. The van der Waals surface area contributed by atoms with Gasteiger partial charge < -0.3 is 4.90 Å². The van der Waals surface area contributed by atoms with Gasteiger partial charge in [-0.1, -0.05) is 12.1 Å². The summed E-state index contributed by atoms with van der Waals surface area (Å²) >= 11 is 1.48. The van der Waals surface area contributed by atoms with Gasteiger partial charge in [0.05, 0.1) is 26.7 Å². The average Bonchev–Trinajstić information content (AvgIpc) is 3.07. The molecule has 24 heavy (non-hydrogen) atoms. The summed E-state index contributed by atoms with van der Waals surface area (Å²) in [6.07, 6.45) is 0. The molecule has 0 bridgehead atoms. The largest absolute Gasteiger partial charge is 0.335 e. The fourth-order valence-electron chi connectivity index (χ4n) is 2.49. The standard InChI is InChI=1S/C17H15N3O3S/c1-11(12-4-3-5-14(8-12)20(22)23)19(2)17(21)13-6-7-15-16(9-13)24-10-18-15/h3-11H,1-2H3. The Morgan fingerprint density at radius 1 is 1.29 bits per heavy atom. The van der Waals surface area contributed by atoms with E-state index in [9.17, 15) is 14.9 Å². The summed E-state index contributed by atoms with van der Waals surface area (Å²) in [4.78, 5) is 29.0. The van der Waals surface area contributed by atoms with E-state index in [1.807, 2.05) is 19.1 Å². The second kappa shape index (κ2) is 6.37. The van der Waals surface area contributed by atoms with E-state index in [2.05, 4.69) is 4.98 Å². The highest BCUT2D eigenvalue weighted by Gasteiger charge is 2.21. The Hall–Kier alpha value is -2.80. The van der Waals surface area contributed by atoms with E-state index in [1.54, 1.807) is 35.7 Å². The molecule has 1 amide bonds. The Morgan fingerprint density at radius 2 is 2.08 bits per heavy atom. The monoisotopic (exact) mass is 341 g/mol. The maximum Gasteiger partial charge on any atom is 0.269 e. The number of hydrogen-bond donors (Lipinski definition) is 0. The number of thiazole rings is 1. The van der Waals surface area contributed by atoms with E-state index in [-0.39, 0.29) is 17.6 Å². The molecule has 122 valence electrons. The van der Waals surface area contributed by atoms with Gasteiger partial charge in [-0.05, 0) is 30.7 Å². The first-order chi connectivity index (χ1) is 11.5. The number of rotatable bonds is 4. The molecule has 7 heteroatoms. The SMILES string of the molecule is CC(c1cccc([N+](=O)[O-])c1)N(C)C(=O)c1ccc2ncsc2c1. The maximum absolute atomic E-state index is 12.7. The van der Waals surface area contributed by atoms with E-state index in [0.717, 1.165) is 15.8 Å². The van der Waals surface area contributed by atoms with E-state index >= 15 is 0 Å². The molecule has 1 aromatic heterocycles. The van der Waals surface area contributed by atoms with Gasteiger partial charge in [-0.3, -0.25) is 14.9 Å². The van der Waals surface area contributed by atoms with Crippen LogP contribution < -0.4 is 0 Å². The number of non-ortho nitro benzene ring substituents is 1. The first-order valence-corrected chi connectivity index (χ1v) is 8.20. The van der Waals surface area contributed by atoms with Crippen molar-refractivity contribution in [1.29, 1.82) is 0 Å². The van der Waals surface area contributed by atoms with Gasteiger partial charge in [0.2, 0.25) is 0 Å². The Bertz CT molecular complexity index is 922. The smallest absolute Gasteiger partial charge is 0.269 e. The van der Waals surface area contributed by atoms with Crippen LogP contribution in [-0.2, 0) is 0 Å². The van der Waals surface area contributed by atoms with Crippen LogP contribution in [0.1, 0.15) is 28.9 Å². The van der Waals surface area contributed by atoms with E-state index in [0.29, 0.717) is 5.56 Å². The third-order valence-electron chi connectivity index (χ3n) is 4.04. The second-order valence-corrected chi connectivity index (χ2v) is 6.37. The van der Waals surface area contributed by atoms with Crippen LogP contribution in [0.15, 0.2) is 48.0 Å². The summed E-state index contributed by atoms with van der Waals surface area (Å²) in [6.45, 7) is 1.85. The van der Waals surface area contributed by atoms with Gasteiger partial charge in [0, 0.05) is 24.7 Å². The lowest BCUT2D eigenvalue weighted by Gasteiger charge is -2.25. The van der Waals surface area contributed by atoms with Gasteiger partial charge >= 0.3 is 0 Å². The zero-order chi connectivity index (χ0) is 17.3. The molecule has 1 atom stereocenters. The summed E-state index contributed by atoms with van der Waals surface area (Å²) in [6, 6.07) is 11.5. The van der Waals surface area contributed by atoms with Crippen LogP contribution in [0.5, 0.6) is 0 Å². The number of nitro benzene ring substituents is 1. The summed E-state index contributed by atoms with van der Waals surface area (Å²) < 4.78 is 0.956. The predicted molar refractivity (Wildman–Crippen MR) is 93.2 cm³/mol. The molecule has 0 N–H and O–H groups in total. The molecule has 0 saturated carbocycles. The Balaban J connectivity index is 1.86. The number of aromatic nitrogens is 1. The van der Waals surface area contributed by atoms with Crippen LogP contribution >= 0.6 is 11.3 Å². The molecule has 0 saturated heterocycles. The van der Waals surface area contributed by atoms with Crippen LogP contribution in [0, 0.1) is 10.1 Å². The number of nitrogens with zero attached hydrogens (tertiary/aromatic N) is 3. The fraction of sp³-hybridized carbons (Fsp3) is 0.176. The Kier molecular flexibility index (Phi) is 4.26. The molecule has 1 unspecified atom stereocenters. The predicted octanol–water partition coefficient (Wildman–Crippen LogP) is 4.04. The minimum atomic E-state index is -0.435. The number of nitro groups is 1. The van der Waals surface area contributed by atoms with Gasteiger partial charge in [0.15, 0.2) is 0 Å². The number of fused-ring (bicyclic) bond motifs is 1. The third-order valence-corrected chi connectivity index (χ3v) is 4.83. The number of carbonyl (C=O) groups is 1. The zero-order valence-electron chi connectivity index (χ0n) is 13.2. The number of benzene rings is 2. The van der Waals surface area contributed by atoms with Gasteiger partial charge in [-0.15, -0.1) is 11.3 Å². The van der Waals surface area contributed by atoms with Crippen molar-refractivity contribution in [3.63, 3.8) is 0 Å². The van der Waals surface area contributed by atoms with Crippen molar-refractivity contribution in [3.8, 4) is 0 Å². The summed E-state index contributed by atoms with van der Waals surface area (Å²) in [5, 5.41) is 10.9. The Morgan fingerprint density at radius 3 is 2.83 bits per heavy atom. The molecule has 0 aliphatic heterocycles. The van der Waals surface area contributed by atoms with E-state index < -0.39 is 4.92 Å². The quantitative estimate of drug-likeness (QED) is 0.530. The lowest BCUT2D eigenvalue weighted by Crippen LogP contribution is -2.29. The van der Waals surface area contributed by atoms with Crippen molar-refractivity contribution in [1.82, 2.24) is 9.88 Å². The topological polar surface area (TPSA) is 76.3 Å². The van der Waals surface area contributed by atoms with Gasteiger partial charge in [0.25, 0.3) is 11.6 Å². The van der Waals surface area contributed by atoms with Gasteiger partial charge in [-0.25, -0.2) is 4.98 Å². The second-order valence-electron chi connectivity index (χ2n) is 5.48. The highest BCUT2D eigenvalue weighted by atomic mass is 32.1. The maximum atomic E-state index is 12.7. The van der Waals surface area contributed by atoms with Gasteiger partial charge in [-0.2, -0.15) is 0 Å². The normalized spacial score (nSPS) is 12.1. The number of hydrogen-bond acceptors (Lipinski definition) is 5. The van der Waals surface area contributed by atoms with Crippen molar-refractivity contribution >= 4 is 33.1 Å². The van der Waals surface area contributed by atoms with Crippen LogP contribution in [0.3, 0.4) is 0 Å². The van der Waals surface area contributed by atoms with Crippen molar-refractivity contribution in [2.45, 2.75) is 13.0 Å². The third kappa shape index (κ3) is 2.98. The van der Waals surface area contributed by atoms with E-state index in [4.69, 9.17) is 0 Å². The van der Waals surface area contributed by atoms with E-state index in [1.165, 1.54) is 23.5 Å². The van der Waals surface area contributed by atoms with Crippen LogP contribution in [0.4, 0.5) is 5.69 Å².